The van der Waals surface area contributed by atoms with E-state index in [1.165, 1.54) is 0 Å². The van der Waals surface area contributed by atoms with Gasteiger partial charge in [0.15, 0.2) is 10.9 Å². The molecule has 0 bridgehead atoms. The summed E-state index contributed by atoms with van der Waals surface area (Å²) >= 11 is 7.09. The molecule has 0 aliphatic carbocycles. The maximum atomic E-state index is 12.6. The number of nitrogens with one attached hydrogen (secondary N) is 2. The first-order chi connectivity index (χ1) is 12.3. The molecule has 2 aromatic heterocycles. The number of aromatic nitrogens is 2. The van der Waals surface area contributed by atoms with Crippen molar-refractivity contribution >= 4 is 40.4 Å². The van der Waals surface area contributed by atoms with E-state index in [-0.39, 0.29) is 18.0 Å². The van der Waals surface area contributed by atoms with Crippen molar-refractivity contribution in [2.24, 2.45) is 0 Å². The van der Waals surface area contributed by atoms with Crippen LogP contribution >= 0.6 is 23.6 Å². The molecule has 0 spiro atoms. The molecule has 7 nitrogen and oxygen atoms in total. The molecule has 4 rings (SSSR count). The monoisotopic (exact) mass is 388 g/mol. The third-order valence-electron chi connectivity index (χ3n) is 4.74. The Balaban J connectivity index is 1.59. The quantitative estimate of drug-likeness (QED) is 0.783. The molecule has 0 aromatic carbocycles. The van der Waals surface area contributed by atoms with Crippen molar-refractivity contribution in [1.82, 2.24) is 25.4 Å². The van der Waals surface area contributed by atoms with Gasteiger partial charge in [0.25, 0.3) is 5.91 Å². The highest BCUT2D eigenvalue weighted by Crippen LogP contribution is 2.38. The first-order valence-electron chi connectivity index (χ1n) is 8.36. The lowest BCUT2D eigenvalue weighted by atomic mass is 9.89. The van der Waals surface area contributed by atoms with Crippen LogP contribution in [0.3, 0.4) is 0 Å². The maximum absolute atomic E-state index is 12.6. The lowest BCUT2D eigenvalue weighted by Crippen LogP contribution is -2.68. The van der Waals surface area contributed by atoms with Gasteiger partial charge in [0.05, 0.1) is 4.88 Å². The van der Waals surface area contributed by atoms with Gasteiger partial charge in [0.2, 0.25) is 0 Å². The first kappa shape index (κ1) is 17.2. The Morgan fingerprint density at radius 3 is 2.73 bits per heavy atom. The smallest absolute Gasteiger partial charge is 0.262 e. The number of fused-ring (bicyclic) bond motifs is 1. The van der Waals surface area contributed by atoms with E-state index >= 15 is 0 Å². The third-order valence-corrected chi connectivity index (χ3v) is 5.95. The average molecular weight is 389 g/mol. The van der Waals surface area contributed by atoms with Crippen molar-refractivity contribution in [2.75, 3.05) is 12.0 Å². The van der Waals surface area contributed by atoms with Crippen LogP contribution in [0, 0.1) is 0 Å². The topological polar surface area (TPSA) is 73.4 Å². The molecule has 0 radical (unpaired) electrons. The van der Waals surface area contributed by atoms with Gasteiger partial charge in [-0.1, -0.05) is 6.07 Å². The molecule has 2 fully saturated rings. The van der Waals surface area contributed by atoms with Gasteiger partial charge in [-0.25, -0.2) is 5.01 Å². The molecule has 9 heteroatoms. The fourth-order valence-electron chi connectivity index (χ4n) is 3.71. The Kier molecular flexibility index (Phi) is 3.89. The molecule has 2 aliphatic rings. The van der Waals surface area contributed by atoms with Crippen LogP contribution in [0.25, 0.3) is 10.6 Å². The number of anilines is 1. The molecule has 2 saturated heterocycles. The number of hydrogen-bond donors (Lipinski definition) is 2. The van der Waals surface area contributed by atoms with Crippen LogP contribution in [-0.4, -0.2) is 48.9 Å². The number of nitrogens with zero attached hydrogens (tertiary/aromatic N) is 4. The van der Waals surface area contributed by atoms with E-state index in [0.29, 0.717) is 10.9 Å². The van der Waals surface area contributed by atoms with E-state index in [0.717, 1.165) is 17.0 Å². The van der Waals surface area contributed by atoms with Crippen LogP contribution in [0.4, 0.5) is 5.82 Å². The molecule has 2 aliphatic heterocycles. The second-order valence-electron chi connectivity index (χ2n) is 7.42. The predicted octanol–water partition coefficient (Wildman–Crippen LogP) is 2.45. The van der Waals surface area contributed by atoms with E-state index in [1.54, 1.807) is 16.3 Å². The summed E-state index contributed by atoms with van der Waals surface area (Å²) in [5.41, 5.74) is 3.20. The molecule has 2 aromatic rings. The summed E-state index contributed by atoms with van der Waals surface area (Å²) in [6.45, 7) is 6.43. The highest BCUT2D eigenvalue weighted by Gasteiger charge is 2.55. The SMILES string of the molecule is CC1(C)CC2(C)N(CC(=O)N2Nc2ccc(-c3cccs3)nn2)C(=S)N1. The summed E-state index contributed by atoms with van der Waals surface area (Å²) < 4.78 is 0. The molecular weight excluding hydrogens is 368 g/mol. The Hall–Kier alpha value is -2.26. The van der Waals surface area contributed by atoms with Gasteiger partial charge in [-0.3, -0.25) is 10.2 Å². The van der Waals surface area contributed by atoms with E-state index in [1.807, 2.05) is 41.5 Å². The maximum Gasteiger partial charge on any atom is 0.262 e. The number of amides is 1. The molecule has 26 heavy (non-hydrogen) atoms. The normalized spacial score (nSPS) is 24.4. The van der Waals surface area contributed by atoms with Crippen molar-refractivity contribution < 1.29 is 4.79 Å². The summed E-state index contributed by atoms with van der Waals surface area (Å²) in [6, 6.07) is 7.72. The van der Waals surface area contributed by atoms with Gasteiger partial charge >= 0.3 is 0 Å². The number of hydrogen-bond acceptors (Lipinski definition) is 6. The third kappa shape index (κ3) is 2.80. The highest BCUT2D eigenvalue weighted by molar-refractivity contribution is 7.80. The summed E-state index contributed by atoms with van der Waals surface area (Å²) in [5, 5.41) is 16.0. The van der Waals surface area contributed by atoms with E-state index in [2.05, 4.69) is 34.8 Å². The molecule has 0 saturated carbocycles. The minimum atomic E-state index is -0.559. The van der Waals surface area contributed by atoms with Crippen molar-refractivity contribution in [3.8, 4) is 10.6 Å². The van der Waals surface area contributed by atoms with Crippen LogP contribution in [-0.2, 0) is 4.79 Å². The summed E-state index contributed by atoms with van der Waals surface area (Å²) in [6.07, 6.45) is 0.722. The van der Waals surface area contributed by atoms with Crippen LogP contribution in [0.15, 0.2) is 29.6 Å². The number of rotatable bonds is 3. The minimum Gasteiger partial charge on any atom is -0.357 e. The number of hydrazine groups is 1. The van der Waals surface area contributed by atoms with Crippen LogP contribution < -0.4 is 10.7 Å². The molecular formula is C17H20N6OS2. The van der Waals surface area contributed by atoms with Gasteiger partial charge < -0.3 is 10.2 Å². The molecule has 4 heterocycles. The van der Waals surface area contributed by atoms with E-state index < -0.39 is 5.66 Å². The largest absolute Gasteiger partial charge is 0.357 e. The molecule has 2 N–H and O–H groups in total. The molecule has 136 valence electrons. The van der Waals surface area contributed by atoms with E-state index in [9.17, 15) is 4.79 Å². The highest BCUT2D eigenvalue weighted by atomic mass is 32.1. The molecule has 1 amide bonds. The zero-order valence-corrected chi connectivity index (χ0v) is 16.4. The fraction of sp³-hybridized carbons (Fsp3) is 0.412. The Morgan fingerprint density at radius 1 is 1.27 bits per heavy atom. The van der Waals surface area contributed by atoms with Gasteiger partial charge in [-0.2, -0.15) is 0 Å². The van der Waals surface area contributed by atoms with E-state index in [4.69, 9.17) is 12.2 Å². The number of thiophene rings is 1. The first-order valence-corrected chi connectivity index (χ1v) is 9.64. The Bertz CT molecular complexity index is 851. The zero-order chi connectivity index (χ0) is 18.5. The number of thiocarbonyl (C=S) groups is 1. The lowest BCUT2D eigenvalue weighted by Gasteiger charge is -2.51. The van der Waals surface area contributed by atoms with Gasteiger partial charge in [-0.05, 0) is 56.6 Å². The molecule has 1 atom stereocenters. The zero-order valence-electron chi connectivity index (χ0n) is 14.8. The van der Waals surface area contributed by atoms with Gasteiger partial charge in [0.1, 0.15) is 17.9 Å². The van der Waals surface area contributed by atoms with Gasteiger partial charge in [0, 0.05) is 12.0 Å². The van der Waals surface area contributed by atoms with Crippen molar-refractivity contribution in [3.05, 3.63) is 29.6 Å². The second-order valence-corrected chi connectivity index (χ2v) is 8.75. The second kappa shape index (κ2) is 5.88. The van der Waals surface area contributed by atoms with Crippen LogP contribution in [0.1, 0.15) is 27.2 Å². The number of carbonyl (C=O) groups is 1. The lowest BCUT2D eigenvalue weighted by molar-refractivity contribution is -0.129. The number of carbonyl (C=O) groups excluding carboxylic acids is 1. The van der Waals surface area contributed by atoms with Gasteiger partial charge in [-0.15, -0.1) is 21.5 Å². The predicted molar refractivity (Wildman–Crippen MR) is 105 cm³/mol. The fourth-order valence-corrected chi connectivity index (χ4v) is 4.94. The van der Waals surface area contributed by atoms with Crippen LogP contribution in [0.2, 0.25) is 0 Å². The Labute approximate surface area is 161 Å². The Morgan fingerprint density at radius 2 is 2.08 bits per heavy atom. The van der Waals surface area contributed by atoms with Crippen molar-refractivity contribution in [2.45, 2.75) is 38.4 Å². The van der Waals surface area contributed by atoms with Crippen molar-refractivity contribution in [3.63, 3.8) is 0 Å². The summed E-state index contributed by atoms with van der Waals surface area (Å²) in [7, 11) is 0. The summed E-state index contributed by atoms with van der Waals surface area (Å²) in [5.74, 6) is 0.488. The molecule has 1 unspecified atom stereocenters. The van der Waals surface area contributed by atoms with Crippen LogP contribution in [0.5, 0.6) is 0 Å². The van der Waals surface area contributed by atoms with Crippen molar-refractivity contribution in [1.29, 1.82) is 0 Å². The minimum absolute atomic E-state index is 0.0431. The average Bonchev–Trinajstić information content (AvgIpc) is 3.17. The summed E-state index contributed by atoms with van der Waals surface area (Å²) in [4.78, 5) is 15.6. The standard InChI is InChI=1S/C17H20N6OS2/c1-16(2)10-17(3)22(15(25)18-16)9-14(24)23(17)21-13-7-6-11(19-20-13)12-5-4-8-26-12/h4-8H,9-10H2,1-3H3,(H,18,25)(H,20,21).